The van der Waals surface area contributed by atoms with Crippen LogP contribution in [0.15, 0.2) is 35.5 Å². The minimum Gasteiger partial charge on any atom is -0.478 e. The highest BCUT2D eigenvalue weighted by atomic mass is 16.5. The molecule has 0 aromatic heterocycles. The predicted octanol–water partition coefficient (Wildman–Crippen LogP) is 7.75. The van der Waals surface area contributed by atoms with Crippen molar-refractivity contribution >= 4 is 11.9 Å². The standard InChI is InChI=1S/C32H48O4/c1-19(10-9-11-20(2)29(34)35)23-14-16-32(8)24-12-13-26-30(5,6)27(36-22(4)33)15-17-31(26,7)25(24)18-21(3)28(23)32/h11-12,19,23,25-28H,3,9-10,13-18H2,1-2,4-8H3,(H,34,35)/b20-11-/t19-,23-,25+,26-,27-,28+,31-,32+/m1/s1. The van der Waals surface area contributed by atoms with Crippen LogP contribution >= 0.6 is 0 Å². The lowest BCUT2D eigenvalue weighted by molar-refractivity contribution is -0.172. The van der Waals surface area contributed by atoms with E-state index in [9.17, 15) is 14.7 Å². The van der Waals surface area contributed by atoms with Crippen molar-refractivity contribution in [3.63, 3.8) is 0 Å². The summed E-state index contributed by atoms with van der Waals surface area (Å²) in [4.78, 5) is 23.0. The molecule has 4 rings (SSSR count). The van der Waals surface area contributed by atoms with E-state index in [1.54, 1.807) is 12.5 Å². The zero-order valence-electron chi connectivity index (χ0n) is 23.7. The fraction of sp³-hybridized carbons (Fsp3) is 0.750. The highest BCUT2D eigenvalue weighted by Gasteiger charge is 2.62. The molecule has 200 valence electrons. The molecular weight excluding hydrogens is 448 g/mol. The maximum absolute atomic E-state index is 11.8. The van der Waals surface area contributed by atoms with Gasteiger partial charge in [-0.05, 0) is 98.7 Å². The smallest absolute Gasteiger partial charge is 0.330 e. The van der Waals surface area contributed by atoms with Crippen LogP contribution in [0.25, 0.3) is 0 Å². The van der Waals surface area contributed by atoms with Gasteiger partial charge in [-0.2, -0.15) is 0 Å². The minimum atomic E-state index is -0.816. The fourth-order valence-corrected chi connectivity index (χ4v) is 9.39. The van der Waals surface area contributed by atoms with Crippen molar-refractivity contribution in [1.82, 2.24) is 0 Å². The van der Waals surface area contributed by atoms with Gasteiger partial charge in [-0.3, -0.25) is 4.79 Å². The number of hydrogen-bond acceptors (Lipinski definition) is 3. The second-order valence-corrected chi connectivity index (χ2v) is 13.7. The largest absolute Gasteiger partial charge is 0.478 e. The Balaban J connectivity index is 1.58. The van der Waals surface area contributed by atoms with Gasteiger partial charge < -0.3 is 9.84 Å². The van der Waals surface area contributed by atoms with Crippen LogP contribution in [0.2, 0.25) is 0 Å². The van der Waals surface area contributed by atoms with Crippen molar-refractivity contribution in [1.29, 1.82) is 0 Å². The molecule has 1 N–H and O–H groups in total. The van der Waals surface area contributed by atoms with E-state index in [4.69, 9.17) is 11.3 Å². The van der Waals surface area contributed by atoms with Gasteiger partial charge in [0.05, 0.1) is 0 Å². The molecule has 0 bridgehead atoms. The number of carbonyl (C=O) groups is 2. The molecule has 0 unspecified atom stereocenters. The molecule has 0 radical (unpaired) electrons. The second-order valence-electron chi connectivity index (χ2n) is 13.7. The van der Waals surface area contributed by atoms with Crippen LogP contribution in [0.1, 0.15) is 99.8 Å². The van der Waals surface area contributed by atoms with E-state index in [0.29, 0.717) is 35.2 Å². The molecule has 3 fully saturated rings. The van der Waals surface area contributed by atoms with Gasteiger partial charge in [0.1, 0.15) is 6.10 Å². The van der Waals surface area contributed by atoms with E-state index in [2.05, 4.69) is 40.7 Å². The summed E-state index contributed by atoms with van der Waals surface area (Å²) in [6.45, 7) is 20.0. The Morgan fingerprint density at radius 1 is 1.19 bits per heavy atom. The molecule has 3 saturated carbocycles. The Labute approximate surface area is 218 Å². The van der Waals surface area contributed by atoms with Gasteiger partial charge in [-0.1, -0.05) is 64.5 Å². The second kappa shape index (κ2) is 9.48. The van der Waals surface area contributed by atoms with Crippen LogP contribution < -0.4 is 0 Å². The molecule has 0 heterocycles. The van der Waals surface area contributed by atoms with Crippen LogP contribution in [0.4, 0.5) is 0 Å². The molecule has 36 heavy (non-hydrogen) atoms. The Bertz CT molecular complexity index is 986. The molecule has 4 heteroatoms. The molecule has 0 aliphatic heterocycles. The molecule has 0 aromatic carbocycles. The third kappa shape index (κ3) is 4.31. The molecule has 4 aliphatic carbocycles. The zero-order valence-corrected chi connectivity index (χ0v) is 23.7. The SMILES string of the molecule is C=C1C[C@H]2C(=CC[C@@H]3C(C)(C)[C@H](OC(C)=O)CC[C@@]32C)[C@]2(C)CC[C@H]([C@H](C)CC/C=C(/C)C(=O)O)[C@H]12. The Morgan fingerprint density at radius 2 is 1.89 bits per heavy atom. The van der Waals surface area contributed by atoms with Crippen molar-refractivity contribution in [2.45, 2.75) is 106 Å². The van der Waals surface area contributed by atoms with Gasteiger partial charge in [0.2, 0.25) is 0 Å². The number of carboxylic acid groups (broad SMARTS) is 1. The number of hydrogen-bond donors (Lipinski definition) is 1. The zero-order chi connectivity index (χ0) is 26.6. The first-order valence-corrected chi connectivity index (χ1v) is 14.2. The van der Waals surface area contributed by atoms with Crippen LogP contribution in [-0.2, 0) is 14.3 Å². The number of allylic oxidation sites excluding steroid dienone is 4. The van der Waals surface area contributed by atoms with Crippen molar-refractivity contribution < 1.29 is 19.4 Å². The Morgan fingerprint density at radius 3 is 2.53 bits per heavy atom. The summed E-state index contributed by atoms with van der Waals surface area (Å²) in [5.74, 6) is 1.72. The first-order valence-electron chi connectivity index (χ1n) is 14.2. The number of carbonyl (C=O) groups excluding carboxylic acids is 1. The molecule has 0 saturated heterocycles. The van der Waals surface area contributed by atoms with Crippen molar-refractivity contribution in [3.8, 4) is 0 Å². The summed E-state index contributed by atoms with van der Waals surface area (Å²) in [6.07, 6.45) is 13.0. The van der Waals surface area contributed by atoms with Crippen molar-refractivity contribution in [2.75, 3.05) is 0 Å². The molecule has 0 aromatic rings. The first kappa shape index (κ1) is 27.2. The normalized spacial score (nSPS) is 40.4. The van der Waals surface area contributed by atoms with Gasteiger partial charge in [0.25, 0.3) is 0 Å². The van der Waals surface area contributed by atoms with Gasteiger partial charge >= 0.3 is 11.9 Å². The van der Waals surface area contributed by atoms with Gasteiger partial charge in [-0.25, -0.2) is 4.79 Å². The lowest BCUT2D eigenvalue weighted by Gasteiger charge is -2.63. The maximum Gasteiger partial charge on any atom is 0.330 e. The van der Waals surface area contributed by atoms with Crippen LogP contribution in [0.5, 0.6) is 0 Å². The third-order valence-corrected chi connectivity index (χ3v) is 11.3. The highest BCUT2D eigenvalue weighted by Crippen LogP contribution is 2.70. The fourth-order valence-electron chi connectivity index (χ4n) is 9.39. The van der Waals surface area contributed by atoms with E-state index in [0.717, 1.165) is 38.5 Å². The monoisotopic (exact) mass is 496 g/mol. The van der Waals surface area contributed by atoms with E-state index in [1.165, 1.54) is 25.3 Å². The molecule has 4 nitrogen and oxygen atoms in total. The molecule has 4 aliphatic rings. The highest BCUT2D eigenvalue weighted by molar-refractivity contribution is 5.85. The van der Waals surface area contributed by atoms with Crippen LogP contribution in [0.3, 0.4) is 0 Å². The van der Waals surface area contributed by atoms with E-state index < -0.39 is 5.97 Å². The topological polar surface area (TPSA) is 63.6 Å². The van der Waals surface area contributed by atoms with Crippen molar-refractivity contribution in [2.24, 2.45) is 45.8 Å². The Kier molecular flexibility index (Phi) is 7.16. The third-order valence-electron chi connectivity index (χ3n) is 11.3. The summed E-state index contributed by atoms with van der Waals surface area (Å²) in [6, 6.07) is 0. The first-order chi connectivity index (χ1) is 16.7. The Hall–Kier alpha value is -1.84. The summed E-state index contributed by atoms with van der Waals surface area (Å²) >= 11 is 0. The number of fused-ring (bicyclic) bond motifs is 5. The quantitative estimate of drug-likeness (QED) is 0.232. The lowest BCUT2D eigenvalue weighted by Crippen LogP contribution is -2.57. The minimum absolute atomic E-state index is 0.00586. The maximum atomic E-state index is 11.8. The predicted molar refractivity (Wildman–Crippen MR) is 144 cm³/mol. The van der Waals surface area contributed by atoms with Crippen LogP contribution in [-0.4, -0.2) is 23.1 Å². The summed E-state index contributed by atoms with van der Waals surface area (Å²) in [7, 11) is 0. The number of aliphatic carboxylic acids is 1. The van der Waals surface area contributed by atoms with Crippen LogP contribution in [0, 0.1) is 45.8 Å². The van der Waals surface area contributed by atoms with E-state index >= 15 is 0 Å². The summed E-state index contributed by atoms with van der Waals surface area (Å²) in [5.41, 5.74) is 3.91. The molecular formula is C32H48O4. The number of ether oxygens (including phenoxy) is 1. The molecule has 8 atom stereocenters. The summed E-state index contributed by atoms with van der Waals surface area (Å²) < 4.78 is 5.83. The lowest BCUT2D eigenvalue weighted by atomic mass is 9.42. The van der Waals surface area contributed by atoms with E-state index in [1.807, 2.05) is 6.08 Å². The summed E-state index contributed by atoms with van der Waals surface area (Å²) in [5, 5.41) is 9.17. The number of rotatable bonds is 6. The van der Waals surface area contributed by atoms with Crippen molar-refractivity contribution in [3.05, 3.63) is 35.5 Å². The number of esters is 1. The van der Waals surface area contributed by atoms with Gasteiger partial charge in [-0.15, -0.1) is 0 Å². The van der Waals surface area contributed by atoms with E-state index in [-0.39, 0.29) is 28.3 Å². The average Bonchev–Trinajstić information content (AvgIpc) is 3.15. The number of carboxylic acids is 1. The molecule has 0 spiro atoms. The average molecular weight is 497 g/mol. The van der Waals surface area contributed by atoms with Gasteiger partial charge in [0, 0.05) is 17.9 Å². The molecule has 0 amide bonds. The van der Waals surface area contributed by atoms with Gasteiger partial charge in [0.15, 0.2) is 0 Å².